The summed E-state index contributed by atoms with van der Waals surface area (Å²) >= 11 is 0. The van der Waals surface area contributed by atoms with Gasteiger partial charge in [-0.15, -0.1) is 0 Å². The highest BCUT2D eigenvalue weighted by Crippen LogP contribution is 2.13. The molecule has 6 nitrogen and oxygen atoms in total. The van der Waals surface area contributed by atoms with E-state index in [1.54, 1.807) is 12.4 Å². The Morgan fingerprint density at radius 3 is 1.25 bits per heavy atom. The highest BCUT2D eigenvalue weighted by molar-refractivity contribution is 5.83. The first kappa shape index (κ1) is 20.4. The minimum Gasteiger partial charge on any atom is -0.378 e. The molecule has 0 N–H and O–H groups in total. The maximum atomic E-state index is 9.36. The molecule has 0 radical (unpaired) electrons. The third-order valence-corrected chi connectivity index (χ3v) is 3.94. The molecule has 0 atom stereocenters. The van der Waals surface area contributed by atoms with E-state index in [-0.39, 0.29) is 11.4 Å². The van der Waals surface area contributed by atoms with Crippen molar-refractivity contribution in [1.82, 2.24) is 0 Å². The lowest BCUT2D eigenvalue weighted by Gasteiger charge is -2.11. The molecule has 0 aliphatic carbocycles. The van der Waals surface area contributed by atoms with E-state index < -0.39 is 0 Å². The summed E-state index contributed by atoms with van der Waals surface area (Å²) in [5.41, 5.74) is 3.74. The highest BCUT2D eigenvalue weighted by Gasteiger charge is 2.03. The fourth-order valence-corrected chi connectivity index (χ4v) is 2.28. The first-order valence-corrected chi connectivity index (χ1v) is 8.62. The molecule has 28 heavy (non-hydrogen) atoms. The molecular weight excluding hydrogens is 348 g/mol. The zero-order chi connectivity index (χ0) is 20.5. The average Bonchev–Trinajstić information content (AvgIpc) is 2.71. The van der Waals surface area contributed by atoms with Gasteiger partial charge < -0.3 is 9.80 Å². The minimum atomic E-state index is -0.0275. The van der Waals surface area contributed by atoms with Crippen LogP contribution in [0.4, 0.5) is 11.4 Å². The van der Waals surface area contributed by atoms with E-state index in [0.29, 0.717) is 0 Å². The van der Waals surface area contributed by atoms with Gasteiger partial charge in [-0.05, 0) is 35.4 Å². The van der Waals surface area contributed by atoms with Gasteiger partial charge in [0, 0.05) is 52.0 Å². The summed E-state index contributed by atoms with van der Waals surface area (Å²) in [7, 11) is 7.85. The van der Waals surface area contributed by atoms with E-state index in [1.807, 2.05) is 98.7 Å². The van der Waals surface area contributed by atoms with Crippen LogP contribution in [0.25, 0.3) is 0 Å². The van der Waals surface area contributed by atoms with Gasteiger partial charge in [-0.2, -0.15) is 10.5 Å². The Morgan fingerprint density at radius 2 is 1.00 bits per heavy atom. The number of nitrogens with zero attached hydrogens (tertiary/aromatic N) is 6. The maximum absolute atomic E-state index is 9.36. The van der Waals surface area contributed by atoms with Gasteiger partial charge in [0.1, 0.15) is 12.1 Å². The van der Waals surface area contributed by atoms with Crippen molar-refractivity contribution in [3.8, 4) is 12.1 Å². The number of aliphatic imine (C=N–C) groups is 2. The van der Waals surface area contributed by atoms with Gasteiger partial charge in [0.25, 0.3) is 0 Å². The van der Waals surface area contributed by atoms with E-state index in [4.69, 9.17) is 0 Å². The Kier molecular flexibility index (Phi) is 7.07. The summed E-state index contributed by atoms with van der Waals surface area (Å²) in [6.07, 6.45) is 3.10. The summed E-state index contributed by atoms with van der Waals surface area (Å²) in [6.45, 7) is 0. The summed E-state index contributed by atoms with van der Waals surface area (Å²) in [4.78, 5) is 12.3. The Labute approximate surface area is 166 Å². The predicted molar refractivity (Wildman–Crippen MR) is 115 cm³/mol. The fourth-order valence-electron chi connectivity index (χ4n) is 2.28. The molecule has 2 rings (SSSR count). The summed E-state index contributed by atoms with van der Waals surface area (Å²) in [5.74, 6) is 0. The van der Waals surface area contributed by atoms with Crippen LogP contribution in [0.15, 0.2) is 69.9 Å². The van der Waals surface area contributed by atoms with Crippen molar-refractivity contribution in [3.63, 3.8) is 0 Å². The number of hydrogen-bond donors (Lipinski definition) is 0. The lowest BCUT2D eigenvalue weighted by atomic mass is 10.2. The fraction of sp³-hybridized carbons (Fsp3) is 0.182. The van der Waals surface area contributed by atoms with Crippen molar-refractivity contribution in [2.75, 3.05) is 38.0 Å². The molecule has 0 amide bonds. The van der Waals surface area contributed by atoms with Crippen LogP contribution in [0.3, 0.4) is 0 Å². The first-order valence-electron chi connectivity index (χ1n) is 8.62. The summed E-state index contributed by atoms with van der Waals surface area (Å²) in [6, 6.07) is 19.3. The normalized spacial score (nSPS) is 11.8. The average molecular weight is 370 g/mol. The van der Waals surface area contributed by atoms with Gasteiger partial charge in [0.05, 0.1) is 0 Å². The Morgan fingerprint density at radius 1 is 0.679 bits per heavy atom. The molecule has 0 saturated heterocycles. The second-order valence-corrected chi connectivity index (χ2v) is 6.41. The van der Waals surface area contributed by atoms with E-state index in [1.165, 1.54) is 0 Å². The van der Waals surface area contributed by atoms with E-state index >= 15 is 0 Å². The van der Waals surface area contributed by atoms with Crippen LogP contribution in [0.1, 0.15) is 11.1 Å². The Hall–Kier alpha value is -3.90. The van der Waals surface area contributed by atoms with Crippen LogP contribution >= 0.6 is 0 Å². The molecule has 0 aliphatic heterocycles. The minimum absolute atomic E-state index is 0.0275. The van der Waals surface area contributed by atoms with Gasteiger partial charge in [0.2, 0.25) is 0 Å². The summed E-state index contributed by atoms with van der Waals surface area (Å²) in [5, 5.41) is 18.7. The SMILES string of the molecule is CN(C)c1ccc(C=NC(C#N)=C(C#N)N=Cc2ccc(N(C)C)cc2)cc1. The molecule has 0 saturated carbocycles. The molecule has 0 bridgehead atoms. The van der Waals surface area contributed by atoms with Crippen LogP contribution < -0.4 is 9.80 Å². The number of allylic oxidation sites excluding steroid dienone is 2. The Balaban J connectivity index is 2.22. The molecule has 0 aromatic heterocycles. The molecule has 0 aliphatic rings. The zero-order valence-corrected chi connectivity index (χ0v) is 16.5. The van der Waals surface area contributed by atoms with Gasteiger partial charge in [-0.25, -0.2) is 9.98 Å². The first-order chi connectivity index (χ1) is 13.4. The lowest BCUT2D eigenvalue weighted by molar-refractivity contribution is 1.13. The van der Waals surface area contributed by atoms with Crippen molar-refractivity contribution in [2.45, 2.75) is 0 Å². The molecule has 2 aromatic rings. The number of hydrogen-bond acceptors (Lipinski definition) is 6. The molecule has 6 heteroatoms. The topological polar surface area (TPSA) is 78.8 Å². The highest BCUT2D eigenvalue weighted by atomic mass is 15.1. The monoisotopic (exact) mass is 370 g/mol. The molecule has 0 unspecified atom stereocenters. The molecule has 0 heterocycles. The van der Waals surface area contributed by atoms with Crippen molar-refractivity contribution < 1.29 is 0 Å². The molecular formula is C22H22N6. The van der Waals surface area contributed by atoms with Crippen LogP contribution in [0.2, 0.25) is 0 Å². The van der Waals surface area contributed by atoms with Gasteiger partial charge in [0.15, 0.2) is 11.4 Å². The smallest absolute Gasteiger partial charge is 0.176 e. The van der Waals surface area contributed by atoms with Gasteiger partial charge >= 0.3 is 0 Å². The standard InChI is InChI=1S/C22H22N6/c1-27(2)19-9-5-17(6-10-19)15-25-21(13-23)22(14-24)26-16-18-7-11-20(12-8-18)28(3)4/h5-12,15-16H,1-4H3. The number of benzene rings is 2. The van der Waals surface area contributed by atoms with E-state index in [0.717, 1.165) is 22.5 Å². The maximum Gasteiger partial charge on any atom is 0.176 e. The third-order valence-electron chi connectivity index (χ3n) is 3.94. The van der Waals surface area contributed by atoms with Crippen LogP contribution in [-0.2, 0) is 0 Å². The van der Waals surface area contributed by atoms with Crippen LogP contribution in [0.5, 0.6) is 0 Å². The van der Waals surface area contributed by atoms with Gasteiger partial charge in [-0.3, -0.25) is 0 Å². The molecule has 0 fully saturated rings. The van der Waals surface area contributed by atoms with Crippen molar-refractivity contribution in [3.05, 3.63) is 71.1 Å². The third kappa shape index (κ3) is 5.55. The second kappa shape index (κ2) is 9.70. The lowest BCUT2D eigenvalue weighted by Crippen LogP contribution is -2.08. The van der Waals surface area contributed by atoms with E-state index in [2.05, 4.69) is 9.98 Å². The molecule has 140 valence electrons. The van der Waals surface area contributed by atoms with Crippen LogP contribution in [0, 0.1) is 22.7 Å². The van der Waals surface area contributed by atoms with Crippen LogP contribution in [-0.4, -0.2) is 40.6 Å². The van der Waals surface area contributed by atoms with Crippen molar-refractivity contribution in [1.29, 1.82) is 10.5 Å². The molecule has 2 aromatic carbocycles. The number of rotatable bonds is 6. The Bertz CT molecular complexity index is 884. The predicted octanol–water partition coefficient (Wildman–Crippen LogP) is 3.62. The molecule has 0 spiro atoms. The van der Waals surface area contributed by atoms with E-state index in [9.17, 15) is 10.5 Å². The largest absolute Gasteiger partial charge is 0.378 e. The van der Waals surface area contributed by atoms with Gasteiger partial charge in [-0.1, -0.05) is 24.3 Å². The quantitative estimate of drug-likeness (QED) is 0.575. The second-order valence-electron chi connectivity index (χ2n) is 6.41. The van der Waals surface area contributed by atoms with Crippen molar-refractivity contribution >= 4 is 23.8 Å². The van der Waals surface area contributed by atoms with Crippen molar-refractivity contribution in [2.24, 2.45) is 9.98 Å². The number of nitriles is 2. The number of anilines is 2. The summed E-state index contributed by atoms with van der Waals surface area (Å²) < 4.78 is 0. The zero-order valence-electron chi connectivity index (χ0n) is 16.5.